The van der Waals surface area contributed by atoms with E-state index in [2.05, 4.69) is 10.3 Å². The zero-order chi connectivity index (χ0) is 21.7. The van der Waals surface area contributed by atoms with Crippen LogP contribution in [0.3, 0.4) is 0 Å². The van der Waals surface area contributed by atoms with Crippen molar-refractivity contribution >= 4 is 11.6 Å². The number of carbonyl (C=O) groups excluding carboxylic acids is 1. The van der Waals surface area contributed by atoms with E-state index in [1.54, 1.807) is 49.4 Å². The van der Waals surface area contributed by atoms with Crippen molar-refractivity contribution in [2.75, 3.05) is 5.32 Å². The van der Waals surface area contributed by atoms with Crippen LogP contribution in [0.15, 0.2) is 60.7 Å². The van der Waals surface area contributed by atoms with Gasteiger partial charge in [-0.1, -0.05) is 6.07 Å². The van der Waals surface area contributed by atoms with Gasteiger partial charge in [0.15, 0.2) is 0 Å². The Labute approximate surface area is 175 Å². The van der Waals surface area contributed by atoms with Crippen LogP contribution in [0.5, 0.6) is 11.5 Å². The lowest BCUT2D eigenvalue weighted by atomic mass is 10.1. The minimum absolute atomic E-state index is 0.0953. The van der Waals surface area contributed by atoms with Crippen molar-refractivity contribution in [3.63, 3.8) is 0 Å². The molecule has 3 rings (SSSR count). The molecule has 0 bridgehead atoms. The first-order valence-corrected chi connectivity index (χ1v) is 9.79. The van der Waals surface area contributed by atoms with Gasteiger partial charge in [0.2, 0.25) is 0 Å². The third-order valence-electron chi connectivity index (χ3n) is 4.39. The van der Waals surface area contributed by atoms with Gasteiger partial charge in [0, 0.05) is 11.8 Å². The number of ether oxygens (including phenoxy) is 2. The van der Waals surface area contributed by atoms with Crippen molar-refractivity contribution in [1.29, 1.82) is 0 Å². The van der Waals surface area contributed by atoms with Gasteiger partial charge in [0.05, 0.1) is 29.2 Å². The number of nitrogens with zero attached hydrogens (tertiary/aromatic N) is 1. The molecule has 0 radical (unpaired) electrons. The molecule has 156 valence electrons. The summed E-state index contributed by atoms with van der Waals surface area (Å²) < 4.78 is 24.6. The van der Waals surface area contributed by atoms with E-state index in [-0.39, 0.29) is 23.9 Å². The van der Waals surface area contributed by atoms with E-state index in [9.17, 15) is 9.18 Å². The zero-order valence-corrected chi connectivity index (χ0v) is 17.5. The topological polar surface area (TPSA) is 60.5 Å². The predicted octanol–water partition coefficient (Wildman–Crippen LogP) is 6.06. The Morgan fingerprint density at radius 3 is 2.37 bits per heavy atom. The number of hydrogen-bond acceptors (Lipinski definition) is 4. The van der Waals surface area contributed by atoms with E-state index in [0.29, 0.717) is 28.4 Å². The molecule has 3 aromatic rings. The molecule has 0 aliphatic rings. The molecular weight excluding hydrogens is 383 g/mol. The highest BCUT2D eigenvalue weighted by molar-refractivity contribution is 6.05. The van der Waals surface area contributed by atoms with E-state index >= 15 is 0 Å². The SMILES string of the molecule is Cc1nc(C(C)OC(C)C)ccc1C(=O)Nc1ccc(Oc2cccc(F)c2)cc1. The first-order chi connectivity index (χ1) is 14.3. The molecule has 30 heavy (non-hydrogen) atoms. The number of carbonyl (C=O) groups is 1. The van der Waals surface area contributed by atoms with Crippen LogP contribution in [0.1, 0.15) is 48.6 Å². The van der Waals surface area contributed by atoms with Gasteiger partial charge in [0.25, 0.3) is 5.91 Å². The third kappa shape index (κ3) is 5.64. The summed E-state index contributed by atoms with van der Waals surface area (Å²) in [6.07, 6.45) is -0.0515. The number of amides is 1. The highest BCUT2D eigenvalue weighted by atomic mass is 19.1. The summed E-state index contributed by atoms with van der Waals surface area (Å²) in [5.74, 6) is 0.337. The lowest BCUT2D eigenvalue weighted by Crippen LogP contribution is -2.16. The number of aromatic nitrogens is 1. The van der Waals surface area contributed by atoms with Crippen molar-refractivity contribution in [3.05, 3.63) is 83.4 Å². The van der Waals surface area contributed by atoms with Crippen LogP contribution in [0.25, 0.3) is 0 Å². The maximum absolute atomic E-state index is 13.3. The van der Waals surface area contributed by atoms with Gasteiger partial charge in [-0.15, -0.1) is 0 Å². The summed E-state index contributed by atoms with van der Waals surface area (Å²) in [7, 11) is 0. The van der Waals surface area contributed by atoms with Crippen LogP contribution >= 0.6 is 0 Å². The highest BCUT2D eigenvalue weighted by Gasteiger charge is 2.15. The Bertz CT molecular complexity index is 1020. The van der Waals surface area contributed by atoms with Crippen LogP contribution < -0.4 is 10.1 Å². The second kappa shape index (κ2) is 9.50. The summed E-state index contributed by atoms with van der Waals surface area (Å²) in [6, 6.07) is 16.3. The van der Waals surface area contributed by atoms with Crippen molar-refractivity contribution < 1.29 is 18.7 Å². The second-order valence-electron chi connectivity index (χ2n) is 7.23. The van der Waals surface area contributed by atoms with Gasteiger partial charge in [-0.25, -0.2) is 4.39 Å². The summed E-state index contributed by atoms with van der Waals surface area (Å²) in [4.78, 5) is 17.2. The predicted molar refractivity (Wildman–Crippen MR) is 114 cm³/mol. The van der Waals surface area contributed by atoms with Gasteiger partial charge < -0.3 is 14.8 Å². The Morgan fingerprint density at radius 1 is 1.00 bits per heavy atom. The molecule has 1 aromatic heterocycles. The summed E-state index contributed by atoms with van der Waals surface area (Å²) in [5, 5.41) is 2.85. The molecule has 0 saturated carbocycles. The van der Waals surface area contributed by atoms with Crippen molar-refractivity contribution in [2.45, 2.75) is 39.9 Å². The lowest BCUT2D eigenvalue weighted by molar-refractivity contribution is 0.0154. The van der Waals surface area contributed by atoms with Gasteiger partial charge in [0.1, 0.15) is 17.3 Å². The normalized spacial score (nSPS) is 11.9. The number of rotatable bonds is 7. The van der Waals surface area contributed by atoms with Crippen molar-refractivity contribution in [1.82, 2.24) is 4.98 Å². The molecule has 0 saturated heterocycles. The monoisotopic (exact) mass is 408 g/mol. The van der Waals surface area contributed by atoms with Crippen molar-refractivity contribution in [2.24, 2.45) is 0 Å². The summed E-state index contributed by atoms with van der Waals surface area (Å²) in [5.41, 5.74) is 2.54. The molecule has 1 heterocycles. The molecule has 0 aliphatic carbocycles. The Balaban J connectivity index is 1.65. The number of hydrogen-bond donors (Lipinski definition) is 1. The standard InChI is InChI=1S/C24H25FN2O3/c1-15(2)29-17(4)23-13-12-22(16(3)26-23)24(28)27-19-8-10-20(11-9-19)30-21-7-5-6-18(25)14-21/h5-15,17H,1-4H3,(H,27,28). The van der Waals surface area contributed by atoms with E-state index in [4.69, 9.17) is 9.47 Å². The van der Waals surface area contributed by atoms with E-state index in [0.717, 1.165) is 5.69 Å². The fourth-order valence-electron chi connectivity index (χ4n) is 3.00. The van der Waals surface area contributed by atoms with E-state index in [1.165, 1.54) is 12.1 Å². The molecule has 1 N–H and O–H groups in total. The van der Waals surface area contributed by atoms with Crippen molar-refractivity contribution in [3.8, 4) is 11.5 Å². The zero-order valence-electron chi connectivity index (χ0n) is 17.5. The number of aryl methyl sites for hydroxylation is 1. The molecular formula is C24H25FN2O3. The average Bonchev–Trinajstić information content (AvgIpc) is 2.69. The lowest BCUT2D eigenvalue weighted by Gasteiger charge is -2.17. The molecule has 0 spiro atoms. The Kier molecular flexibility index (Phi) is 6.79. The maximum Gasteiger partial charge on any atom is 0.257 e. The summed E-state index contributed by atoms with van der Waals surface area (Å²) in [6.45, 7) is 7.69. The average molecular weight is 408 g/mol. The number of benzene rings is 2. The van der Waals surface area contributed by atoms with E-state index in [1.807, 2.05) is 26.8 Å². The molecule has 1 atom stereocenters. The van der Waals surface area contributed by atoms with Crippen LogP contribution in [0.2, 0.25) is 0 Å². The number of anilines is 1. The first kappa shape index (κ1) is 21.5. The minimum atomic E-state index is -0.364. The quantitative estimate of drug-likeness (QED) is 0.516. The number of nitrogens with one attached hydrogen (secondary N) is 1. The molecule has 6 heteroatoms. The molecule has 0 aliphatic heterocycles. The maximum atomic E-state index is 13.3. The summed E-state index contributed by atoms with van der Waals surface area (Å²) >= 11 is 0. The number of halogens is 1. The Morgan fingerprint density at radius 2 is 1.73 bits per heavy atom. The number of pyridine rings is 1. The molecule has 2 aromatic carbocycles. The largest absolute Gasteiger partial charge is 0.457 e. The van der Waals surface area contributed by atoms with Crippen LogP contribution in [0, 0.1) is 12.7 Å². The minimum Gasteiger partial charge on any atom is -0.457 e. The fourth-order valence-corrected chi connectivity index (χ4v) is 3.00. The van der Waals surface area contributed by atoms with Gasteiger partial charge in [-0.05, 0) is 76.2 Å². The van der Waals surface area contributed by atoms with Gasteiger partial charge in [-0.2, -0.15) is 0 Å². The van der Waals surface area contributed by atoms with Crippen LogP contribution in [0.4, 0.5) is 10.1 Å². The van der Waals surface area contributed by atoms with E-state index < -0.39 is 0 Å². The molecule has 0 fully saturated rings. The van der Waals surface area contributed by atoms with Crippen LogP contribution in [-0.2, 0) is 4.74 Å². The van der Waals surface area contributed by atoms with Gasteiger partial charge >= 0.3 is 0 Å². The second-order valence-corrected chi connectivity index (χ2v) is 7.23. The molecule has 5 nitrogen and oxygen atoms in total. The molecule has 1 unspecified atom stereocenters. The molecule has 1 amide bonds. The van der Waals surface area contributed by atoms with Crippen LogP contribution in [-0.4, -0.2) is 17.0 Å². The third-order valence-corrected chi connectivity index (χ3v) is 4.39. The first-order valence-electron chi connectivity index (χ1n) is 9.79. The Hall–Kier alpha value is -3.25. The smallest absolute Gasteiger partial charge is 0.257 e. The highest BCUT2D eigenvalue weighted by Crippen LogP contribution is 2.24. The fraction of sp³-hybridized carbons (Fsp3) is 0.250. The van der Waals surface area contributed by atoms with Gasteiger partial charge in [-0.3, -0.25) is 9.78 Å².